The molecule has 6 heteroatoms. The second-order valence-electron chi connectivity index (χ2n) is 7.30. The number of nitrogens with zero attached hydrogens (tertiary/aromatic N) is 3. The Morgan fingerprint density at radius 2 is 2.09 bits per heavy atom. The molecule has 1 aliphatic rings. The predicted molar refractivity (Wildman–Crippen MR) is 86.3 cm³/mol. The molecule has 6 nitrogen and oxygen atoms in total. The summed E-state index contributed by atoms with van der Waals surface area (Å²) in [6.45, 7) is 10.3. The molecule has 0 saturated heterocycles. The molecule has 1 fully saturated rings. The molecule has 0 atom stereocenters. The molecule has 1 N–H and O–H groups in total. The lowest BCUT2D eigenvalue weighted by Crippen LogP contribution is -2.32. The van der Waals surface area contributed by atoms with Gasteiger partial charge in [-0.2, -0.15) is 5.10 Å². The molecule has 2 aromatic heterocycles. The van der Waals surface area contributed by atoms with Gasteiger partial charge in [-0.25, -0.2) is 0 Å². The molecule has 2 aromatic rings. The van der Waals surface area contributed by atoms with Crippen LogP contribution in [-0.4, -0.2) is 20.8 Å². The highest BCUT2D eigenvalue weighted by Crippen LogP contribution is 2.40. The normalized spacial score (nSPS) is 15.0. The van der Waals surface area contributed by atoms with Crippen molar-refractivity contribution in [3.63, 3.8) is 0 Å². The Morgan fingerprint density at radius 1 is 1.39 bits per heavy atom. The largest absolute Gasteiger partial charge is 0.361 e. The minimum Gasteiger partial charge on any atom is -0.361 e. The second kappa shape index (κ2) is 5.51. The van der Waals surface area contributed by atoms with Gasteiger partial charge in [0.15, 0.2) is 0 Å². The van der Waals surface area contributed by atoms with Gasteiger partial charge in [0.05, 0.1) is 16.9 Å². The predicted octanol–water partition coefficient (Wildman–Crippen LogP) is 3.05. The summed E-state index contributed by atoms with van der Waals surface area (Å²) in [5.41, 5.74) is 3.16. The molecule has 3 rings (SSSR count). The first-order valence-electron chi connectivity index (χ1n) is 8.07. The van der Waals surface area contributed by atoms with E-state index in [1.54, 1.807) is 0 Å². The number of hydrogen-bond acceptors (Lipinski definition) is 4. The van der Waals surface area contributed by atoms with Crippen LogP contribution in [-0.2, 0) is 12.1 Å². The molecule has 1 saturated carbocycles. The zero-order valence-electron chi connectivity index (χ0n) is 14.4. The van der Waals surface area contributed by atoms with Gasteiger partial charge in [-0.15, -0.1) is 0 Å². The van der Waals surface area contributed by atoms with Crippen LogP contribution in [0.15, 0.2) is 10.6 Å². The van der Waals surface area contributed by atoms with E-state index in [0.29, 0.717) is 18.2 Å². The lowest BCUT2D eigenvalue weighted by atomic mass is 10.1. The van der Waals surface area contributed by atoms with Gasteiger partial charge in [0.1, 0.15) is 11.5 Å². The number of carbonyl (C=O) groups excluding carboxylic acids is 1. The zero-order valence-corrected chi connectivity index (χ0v) is 14.4. The van der Waals surface area contributed by atoms with Crippen LogP contribution < -0.4 is 5.32 Å². The van der Waals surface area contributed by atoms with Gasteiger partial charge >= 0.3 is 0 Å². The average molecular weight is 316 g/mol. The van der Waals surface area contributed by atoms with Gasteiger partial charge in [-0.3, -0.25) is 9.48 Å². The minimum atomic E-state index is -0.233. The van der Waals surface area contributed by atoms with Crippen molar-refractivity contribution in [3.05, 3.63) is 34.5 Å². The third kappa shape index (κ3) is 3.16. The fraction of sp³-hybridized carbons (Fsp3) is 0.588. The van der Waals surface area contributed by atoms with Crippen molar-refractivity contribution in [1.82, 2.24) is 20.3 Å². The molecule has 1 aliphatic carbocycles. The van der Waals surface area contributed by atoms with Crippen molar-refractivity contribution >= 4 is 5.91 Å². The number of aromatic nitrogens is 3. The van der Waals surface area contributed by atoms with Crippen LogP contribution in [0.1, 0.15) is 72.7 Å². The number of rotatable bonds is 4. The van der Waals surface area contributed by atoms with Crippen molar-refractivity contribution in [2.75, 3.05) is 0 Å². The molecule has 0 spiro atoms. The lowest BCUT2D eigenvalue weighted by molar-refractivity contribution is 0.0932. The van der Waals surface area contributed by atoms with Gasteiger partial charge in [0.2, 0.25) is 0 Å². The first-order chi connectivity index (χ1) is 10.8. The highest BCUT2D eigenvalue weighted by molar-refractivity contribution is 5.92. The number of carbonyl (C=O) groups is 1. The standard InChI is InChI=1S/C17H24N4O2/c1-10-13(11(2)23-20-10)9-18-16(22)15-8-14(12-6-7-12)19-21(15)17(3,4)5/h8,12H,6-7,9H2,1-5H3,(H,18,22). The summed E-state index contributed by atoms with van der Waals surface area (Å²) in [5, 5.41) is 11.6. The lowest BCUT2D eigenvalue weighted by Gasteiger charge is -2.22. The highest BCUT2D eigenvalue weighted by atomic mass is 16.5. The monoisotopic (exact) mass is 316 g/mol. The van der Waals surface area contributed by atoms with E-state index in [0.717, 1.165) is 22.7 Å². The topological polar surface area (TPSA) is 73.0 Å². The molecule has 0 bridgehead atoms. The third-order valence-corrected chi connectivity index (χ3v) is 4.20. The summed E-state index contributed by atoms with van der Waals surface area (Å²) in [7, 11) is 0. The van der Waals surface area contributed by atoms with E-state index in [1.807, 2.05) is 24.6 Å². The summed E-state index contributed by atoms with van der Waals surface area (Å²) in [4.78, 5) is 12.7. The fourth-order valence-electron chi connectivity index (χ4n) is 2.66. The number of amides is 1. The Morgan fingerprint density at radius 3 is 2.61 bits per heavy atom. The summed E-state index contributed by atoms with van der Waals surface area (Å²) >= 11 is 0. The van der Waals surface area contributed by atoms with Crippen LogP contribution in [0.2, 0.25) is 0 Å². The van der Waals surface area contributed by atoms with Gasteiger partial charge in [-0.05, 0) is 53.5 Å². The molecule has 0 radical (unpaired) electrons. The summed E-state index contributed by atoms with van der Waals surface area (Å²) in [6, 6.07) is 1.94. The smallest absolute Gasteiger partial charge is 0.269 e. The molecule has 1 amide bonds. The minimum absolute atomic E-state index is 0.112. The van der Waals surface area contributed by atoms with Crippen LogP contribution in [0.25, 0.3) is 0 Å². The molecule has 0 aromatic carbocycles. The Kier molecular flexibility index (Phi) is 3.78. The van der Waals surface area contributed by atoms with Crippen molar-refractivity contribution in [3.8, 4) is 0 Å². The van der Waals surface area contributed by atoms with Crippen LogP contribution in [0.5, 0.6) is 0 Å². The first kappa shape index (κ1) is 15.8. The Labute approximate surface area is 136 Å². The molecule has 23 heavy (non-hydrogen) atoms. The molecule has 0 unspecified atom stereocenters. The Balaban J connectivity index is 1.81. The molecular formula is C17H24N4O2. The summed E-state index contributed by atoms with van der Waals surface area (Å²) < 4.78 is 6.97. The van der Waals surface area contributed by atoms with E-state index in [-0.39, 0.29) is 11.4 Å². The third-order valence-electron chi connectivity index (χ3n) is 4.20. The van der Waals surface area contributed by atoms with E-state index in [1.165, 1.54) is 12.8 Å². The summed E-state index contributed by atoms with van der Waals surface area (Å²) in [5.74, 6) is 1.15. The second-order valence-corrected chi connectivity index (χ2v) is 7.30. The van der Waals surface area contributed by atoms with Gasteiger partial charge in [0.25, 0.3) is 5.91 Å². The number of aryl methyl sites for hydroxylation is 2. The van der Waals surface area contributed by atoms with Gasteiger partial charge < -0.3 is 9.84 Å². The maximum absolute atomic E-state index is 12.7. The highest BCUT2D eigenvalue weighted by Gasteiger charge is 2.31. The molecule has 2 heterocycles. The van der Waals surface area contributed by atoms with Crippen molar-refractivity contribution < 1.29 is 9.32 Å². The van der Waals surface area contributed by atoms with Gasteiger partial charge in [-0.1, -0.05) is 5.16 Å². The maximum Gasteiger partial charge on any atom is 0.269 e. The Hall–Kier alpha value is -2.11. The van der Waals surface area contributed by atoms with Crippen molar-refractivity contribution in [2.45, 2.75) is 65.5 Å². The van der Waals surface area contributed by atoms with E-state index in [2.05, 4.69) is 36.3 Å². The van der Waals surface area contributed by atoms with E-state index >= 15 is 0 Å². The van der Waals surface area contributed by atoms with Crippen LogP contribution in [0.4, 0.5) is 0 Å². The van der Waals surface area contributed by atoms with Crippen LogP contribution >= 0.6 is 0 Å². The van der Waals surface area contributed by atoms with E-state index < -0.39 is 0 Å². The summed E-state index contributed by atoms with van der Waals surface area (Å²) in [6.07, 6.45) is 2.34. The zero-order chi connectivity index (χ0) is 16.8. The molecule has 0 aliphatic heterocycles. The molecular weight excluding hydrogens is 292 g/mol. The van der Waals surface area contributed by atoms with Crippen molar-refractivity contribution in [2.24, 2.45) is 0 Å². The Bertz CT molecular complexity index is 713. The van der Waals surface area contributed by atoms with E-state index in [4.69, 9.17) is 4.52 Å². The number of nitrogens with one attached hydrogen (secondary N) is 1. The first-order valence-corrected chi connectivity index (χ1v) is 8.07. The SMILES string of the molecule is Cc1noc(C)c1CNC(=O)c1cc(C2CC2)nn1C(C)(C)C. The fourth-order valence-corrected chi connectivity index (χ4v) is 2.66. The van der Waals surface area contributed by atoms with Crippen molar-refractivity contribution in [1.29, 1.82) is 0 Å². The van der Waals surface area contributed by atoms with Crippen LogP contribution in [0.3, 0.4) is 0 Å². The average Bonchev–Trinajstić information content (AvgIpc) is 3.13. The quantitative estimate of drug-likeness (QED) is 0.941. The maximum atomic E-state index is 12.7. The van der Waals surface area contributed by atoms with E-state index in [9.17, 15) is 4.79 Å². The van der Waals surface area contributed by atoms with Crippen LogP contribution in [0, 0.1) is 13.8 Å². The number of hydrogen-bond donors (Lipinski definition) is 1. The molecule has 124 valence electrons. The van der Waals surface area contributed by atoms with Gasteiger partial charge in [0, 0.05) is 18.0 Å².